The topological polar surface area (TPSA) is 141 Å². The van der Waals surface area contributed by atoms with E-state index < -0.39 is 12.0 Å². The molecule has 0 aliphatic carbocycles. The lowest BCUT2D eigenvalue weighted by Crippen LogP contribution is -2.20. The van der Waals surface area contributed by atoms with Gasteiger partial charge in [0.15, 0.2) is 5.82 Å². The third-order valence-corrected chi connectivity index (χ3v) is 5.42. The quantitative estimate of drug-likeness (QED) is 0.372. The summed E-state index contributed by atoms with van der Waals surface area (Å²) in [5.41, 5.74) is 9.48. The van der Waals surface area contributed by atoms with Crippen LogP contribution in [0.2, 0.25) is 0 Å². The van der Waals surface area contributed by atoms with Crippen molar-refractivity contribution in [1.29, 1.82) is 0 Å². The maximum Gasteiger partial charge on any atom is 0.340 e. The number of rotatable bonds is 5. The van der Waals surface area contributed by atoms with Crippen LogP contribution in [0, 0.1) is 0 Å². The Balaban J connectivity index is 1.58. The lowest BCUT2D eigenvalue weighted by molar-refractivity contribution is 0.0527. The summed E-state index contributed by atoms with van der Waals surface area (Å²) in [7, 11) is 1.78. The number of carbonyl (C=O) groups excluding carboxylic acids is 2. The number of aryl methyl sites for hydroxylation is 1. The van der Waals surface area contributed by atoms with Crippen LogP contribution in [0.4, 0.5) is 22.1 Å². The van der Waals surface area contributed by atoms with Crippen molar-refractivity contribution < 1.29 is 14.3 Å². The molecule has 3 aromatic heterocycles. The van der Waals surface area contributed by atoms with Crippen LogP contribution >= 0.6 is 0 Å². The summed E-state index contributed by atoms with van der Waals surface area (Å²) in [5.74, 6) is 0.330. The first-order valence-electron chi connectivity index (χ1n) is 11.1. The Morgan fingerprint density at radius 2 is 1.86 bits per heavy atom. The highest BCUT2D eigenvalue weighted by molar-refractivity contribution is 6.05. The monoisotopic (exact) mass is 476 g/mol. The van der Waals surface area contributed by atoms with Gasteiger partial charge >= 0.3 is 12.0 Å². The van der Waals surface area contributed by atoms with Crippen molar-refractivity contribution in [2.24, 2.45) is 7.05 Å². The molecule has 0 radical (unpaired) electrons. The van der Waals surface area contributed by atoms with Crippen molar-refractivity contribution in [3.05, 3.63) is 54.1 Å². The first kappa shape index (κ1) is 23.7. The number of benzene rings is 1. The van der Waals surface area contributed by atoms with E-state index in [4.69, 9.17) is 10.5 Å². The maximum absolute atomic E-state index is 12.6. The van der Waals surface area contributed by atoms with Gasteiger partial charge in [-0.1, -0.05) is 32.9 Å². The van der Waals surface area contributed by atoms with Gasteiger partial charge in [-0.15, -0.1) is 0 Å². The zero-order valence-electron chi connectivity index (χ0n) is 20.3. The van der Waals surface area contributed by atoms with Crippen LogP contribution in [0.25, 0.3) is 16.6 Å². The summed E-state index contributed by atoms with van der Waals surface area (Å²) in [6.07, 6.45) is 2.89. The van der Waals surface area contributed by atoms with Crippen LogP contribution in [-0.4, -0.2) is 43.0 Å². The Kier molecular flexibility index (Phi) is 6.16. The van der Waals surface area contributed by atoms with Crippen molar-refractivity contribution in [3.8, 4) is 11.1 Å². The zero-order valence-corrected chi connectivity index (χ0v) is 20.3. The Hall–Kier alpha value is -4.41. The van der Waals surface area contributed by atoms with Gasteiger partial charge in [0.25, 0.3) is 0 Å². The van der Waals surface area contributed by atoms with Crippen LogP contribution in [0.5, 0.6) is 0 Å². The molecule has 0 spiro atoms. The molecule has 35 heavy (non-hydrogen) atoms. The van der Waals surface area contributed by atoms with E-state index in [9.17, 15) is 9.59 Å². The Morgan fingerprint density at radius 3 is 2.49 bits per heavy atom. The van der Waals surface area contributed by atoms with Crippen molar-refractivity contribution in [2.45, 2.75) is 33.1 Å². The molecule has 0 aliphatic rings. The summed E-state index contributed by atoms with van der Waals surface area (Å²) in [5, 5.41) is 14.2. The number of urea groups is 1. The first-order valence-corrected chi connectivity index (χ1v) is 11.1. The fraction of sp³-hybridized carbons (Fsp3) is 0.292. The van der Waals surface area contributed by atoms with Gasteiger partial charge in [-0.2, -0.15) is 10.2 Å². The molecular formula is C24H28N8O3. The van der Waals surface area contributed by atoms with Crippen LogP contribution in [-0.2, 0) is 17.2 Å². The van der Waals surface area contributed by atoms with E-state index in [1.165, 1.54) is 10.8 Å². The third-order valence-electron chi connectivity index (χ3n) is 5.42. The minimum absolute atomic E-state index is 0.135. The fourth-order valence-electron chi connectivity index (χ4n) is 3.64. The Morgan fingerprint density at radius 1 is 1.14 bits per heavy atom. The number of amides is 2. The van der Waals surface area contributed by atoms with E-state index in [-0.39, 0.29) is 17.8 Å². The molecule has 0 fully saturated rings. The molecule has 1 aromatic carbocycles. The largest absolute Gasteiger partial charge is 0.462 e. The number of hydrogen-bond acceptors (Lipinski definition) is 7. The maximum atomic E-state index is 12.6. The van der Waals surface area contributed by atoms with Crippen LogP contribution in [0.15, 0.2) is 42.9 Å². The second kappa shape index (κ2) is 9.09. The van der Waals surface area contributed by atoms with Crippen molar-refractivity contribution in [2.75, 3.05) is 23.0 Å². The molecule has 4 N–H and O–H groups in total. The molecule has 3 heterocycles. The van der Waals surface area contributed by atoms with Gasteiger partial charge in [-0.25, -0.2) is 19.1 Å². The number of nitrogens with two attached hydrogens (primary N) is 1. The lowest BCUT2D eigenvalue weighted by Gasteiger charge is -2.13. The van der Waals surface area contributed by atoms with E-state index in [1.54, 1.807) is 49.1 Å². The number of nitrogens with one attached hydrogen (secondary N) is 2. The predicted octanol–water partition coefficient (Wildman–Crippen LogP) is 3.83. The van der Waals surface area contributed by atoms with Gasteiger partial charge in [0.05, 0.1) is 17.9 Å². The third kappa shape index (κ3) is 4.79. The number of aromatic nitrogens is 5. The second-order valence-corrected chi connectivity index (χ2v) is 9.02. The van der Waals surface area contributed by atoms with Crippen LogP contribution in [0.3, 0.4) is 0 Å². The molecule has 0 saturated carbocycles. The van der Waals surface area contributed by atoms with Crippen molar-refractivity contribution >= 4 is 34.8 Å². The Labute approximate surface area is 202 Å². The average Bonchev–Trinajstić information content (AvgIpc) is 3.36. The van der Waals surface area contributed by atoms with E-state index in [1.807, 2.05) is 6.07 Å². The predicted molar refractivity (Wildman–Crippen MR) is 133 cm³/mol. The molecule has 11 heteroatoms. The van der Waals surface area contributed by atoms with E-state index in [0.717, 1.165) is 5.69 Å². The lowest BCUT2D eigenvalue weighted by atomic mass is 9.92. The van der Waals surface area contributed by atoms with E-state index in [0.29, 0.717) is 33.7 Å². The average molecular weight is 477 g/mol. The van der Waals surface area contributed by atoms with Gasteiger partial charge in [-0.05, 0) is 24.6 Å². The Bertz CT molecular complexity index is 1400. The number of fused-ring (bicyclic) bond motifs is 1. The molecule has 182 valence electrons. The number of carbonyl (C=O) groups is 2. The number of esters is 1. The number of ether oxygens (including phenoxy) is 1. The highest BCUT2D eigenvalue weighted by Crippen LogP contribution is 2.33. The molecule has 11 nitrogen and oxygen atoms in total. The summed E-state index contributed by atoms with van der Waals surface area (Å²) in [6, 6.07) is 8.47. The van der Waals surface area contributed by atoms with Gasteiger partial charge in [0.1, 0.15) is 17.7 Å². The fourth-order valence-corrected chi connectivity index (χ4v) is 3.64. The van der Waals surface area contributed by atoms with Gasteiger partial charge < -0.3 is 15.8 Å². The normalized spacial score (nSPS) is 11.5. The van der Waals surface area contributed by atoms with Gasteiger partial charge in [0.2, 0.25) is 0 Å². The molecule has 4 aromatic rings. The van der Waals surface area contributed by atoms with Gasteiger partial charge in [-0.3, -0.25) is 10.00 Å². The number of anilines is 3. The van der Waals surface area contributed by atoms with Crippen molar-refractivity contribution in [1.82, 2.24) is 24.4 Å². The SMILES string of the molecule is CCOC(=O)c1cn2ncnc(N)c2c1-c1ccc(NC(=O)Nc2cc(C(C)(C)C)nn2C)cc1. The van der Waals surface area contributed by atoms with Crippen LogP contribution in [0.1, 0.15) is 43.7 Å². The summed E-state index contributed by atoms with van der Waals surface area (Å²) in [4.78, 5) is 29.2. The van der Waals surface area contributed by atoms with E-state index >= 15 is 0 Å². The van der Waals surface area contributed by atoms with Crippen molar-refractivity contribution in [3.63, 3.8) is 0 Å². The molecule has 0 atom stereocenters. The molecule has 0 unspecified atom stereocenters. The van der Waals surface area contributed by atoms with Crippen LogP contribution < -0.4 is 16.4 Å². The number of nitrogens with zero attached hydrogens (tertiary/aromatic N) is 5. The summed E-state index contributed by atoms with van der Waals surface area (Å²) >= 11 is 0. The zero-order chi connectivity index (χ0) is 25.3. The molecule has 2 amide bonds. The highest BCUT2D eigenvalue weighted by atomic mass is 16.5. The minimum Gasteiger partial charge on any atom is -0.462 e. The highest BCUT2D eigenvalue weighted by Gasteiger charge is 2.23. The number of nitrogen functional groups attached to an aromatic ring is 1. The smallest absolute Gasteiger partial charge is 0.340 e. The van der Waals surface area contributed by atoms with E-state index in [2.05, 4.69) is 46.6 Å². The molecule has 4 rings (SSSR count). The molecule has 0 aliphatic heterocycles. The molecule has 0 bridgehead atoms. The summed E-state index contributed by atoms with van der Waals surface area (Å²) in [6.45, 7) is 8.15. The standard InChI is InChI=1S/C24H28N8O3/c1-6-35-22(33)16-12-32-20(21(25)26-13-27-32)19(16)14-7-9-15(10-8-14)28-23(34)29-18-11-17(24(2,3)4)30-31(18)5/h7-13H,6H2,1-5H3,(H2,25,26,27)(H2,28,29,34). The molecular weight excluding hydrogens is 448 g/mol. The second-order valence-electron chi connectivity index (χ2n) is 9.02. The van der Waals surface area contributed by atoms with Gasteiger partial charge in [0, 0.05) is 36.0 Å². The summed E-state index contributed by atoms with van der Waals surface area (Å²) < 4.78 is 8.34. The first-order chi connectivity index (χ1) is 16.6. The number of hydrogen-bond donors (Lipinski definition) is 3. The minimum atomic E-state index is -0.486. The molecule has 0 saturated heterocycles.